The summed E-state index contributed by atoms with van der Waals surface area (Å²) < 4.78 is 0. The van der Waals surface area contributed by atoms with E-state index in [0.717, 1.165) is 30.6 Å². The SMILES string of the molecule is CCN(c1ccc(C2CCC2)cc1[N+](=O)[O-])C1CCCCC1. The molecule has 2 saturated carbocycles. The molecule has 4 heteroatoms. The second kappa shape index (κ2) is 6.67. The third-order valence-electron chi connectivity index (χ3n) is 5.44. The van der Waals surface area contributed by atoms with Crippen molar-refractivity contribution in [3.63, 3.8) is 0 Å². The maximum Gasteiger partial charge on any atom is 0.292 e. The smallest absolute Gasteiger partial charge is 0.292 e. The standard InChI is InChI=1S/C18H26N2O2/c1-2-19(16-9-4-3-5-10-16)17-12-11-15(14-7-6-8-14)13-18(17)20(21)22/h11-14,16H,2-10H2,1H3. The van der Waals surface area contributed by atoms with Crippen LogP contribution in [0.4, 0.5) is 11.4 Å². The van der Waals surface area contributed by atoms with Crippen molar-refractivity contribution < 1.29 is 4.92 Å². The molecule has 0 atom stereocenters. The van der Waals surface area contributed by atoms with Crippen molar-refractivity contribution in [2.45, 2.75) is 70.3 Å². The lowest BCUT2D eigenvalue weighted by molar-refractivity contribution is -0.384. The fraction of sp³-hybridized carbons (Fsp3) is 0.667. The number of nitro groups is 1. The van der Waals surface area contributed by atoms with Crippen molar-refractivity contribution in [1.29, 1.82) is 0 Å². The van der Waals surface area contributed by atoms with Gasteiger partial charge in [-0.3, -0.25) is 10.1 Å². The molecule has 0 N–H and O–H groups in total. The van der Waals surface area contributed by atoms with Crippen LogP contribution in [-0.2, 0) is 0 Å². The molecule has 22 heavy (non-hydrogen) atoms. The third-order valence-corrected chi connectivity index (χ3v) is 5.44. The van der Waals surface area contributed by atoms with Gasteiger partial charge in [-0.1, -0.05) is 31.7 Å². The fourth-order valence-corrected chi connectivity index (χ4v) is 3.94. The number of benzene rings is 1. The summed E-state index contributed by atoms with van der Waals surface area (Å²) in [6.07, 6.45) is 9.72. The molecule has 0 spiro atoms. The van der Waals surface area contributed by atoms with E-state index < -0.39 is 0 Å². The van der Waals surface area contributed by atoms with E-state index in [1.807, 2.05) is 12.1 Å². The molecule has 0 bridgehead atoms. The number of anilines is 1. The minimum atomic E-state index is -0.191. The summed E-state index contributed by atoms with van der Waals surface area (Å²) >= 11 is 0. The lowest BCUT2D eigenvalue weighted by Crippen LogP contribution is -2.37. The van der Waals surface area contributed by atoms with Gasteiger partial charge in [0.15, 0.2) is 0 Å². The van der Waals surface area contributed by atoms with Gasteiger partial charge in [0.25, 0.3) is 5.69 Å². The molecule has 4 nitrogen and oxygen atoms in total. The van der Waals surface area contributed by atoms with Crippen LogP contribution in [0.5, 0.6) is 0 Å². The Balaban J connectivity index is 1.91. The van der Waals surface area contributed by atoms with E-state index in [0.29, 0.717) is 17.6 Å². The monoisotopic (exact) mass is 302 g/mol. The highest BCUT2D eigenvalue weighted by molar-refractivity contribution is 5.65. The predicted molar refractivity (Wildman–Crippen MR) is 89.6 cm³/mol. The van der Waals surface area contributed by atoms with Gasteiger partial charge in [0, 0.05) is 18.7 Å². The molecule has 0 saturated heterocycles. The zero-order valence-corrected chi connectivity index (χ0v) is 13.5. The van der Waals surface area contributed by atoms with Gasteiger partial charge in [0.2, 0.25) is 0 Å². The molecule has 0 aliphatic heterocycles. The van der Waals surface area contributed by atoms with E-state index in [1.54, 1.807) is 0 Å². The van der Waals surface area contributed by atoms with Gasteiger partial charge in [0.05, 0.1) is 4.92 Å². The minimum absolute atomic E-state index is 0.191. The molecule has 2 aliphatic carbocycles. The van der Waals surface area contributed by atoms with Gasteiger partial charge in [0.1, 0.15) is 5.69 Å². The Kier molecular flexibility index (Phi) is 4.65. The molecular weight excluding hydrogens is 276 g/mol. The van der Waals surface area contributed by atoms with Crippen molar-refractivity contribution in [2.75, 3.05) is 11.4 Å². The zero-order chi connectivity index (χ0) is 15.5. The summed E-state index contributed by atoms with van der Waals surface area (Å²) in [6, 6.07) is 6.43. The first-order valence-electron chi connectivity index (χ1n) is 8.75. The van der Waals surface area contributed by atoms with Gasteiger partial charge in [-0.15, -0.1) is 0 Å². The van der Waals surface area contributed by atoms with Crippen LogP contribution in [0.3, 0.4) is 0 Å². The Bertz CT molecular complexity index is 534. The highest BCUT2D eigenvalue weighted by Gasteiger charge is 2.28. The van der Waals surface area contributed by atoms with Crippen LogP contribution < -0.4 is 4.90 Å². The van der Waals surface area contributed by atoms with Crippen LogP contribution in [0.2, 0.25) is 0 Å². The number of hydrogen-bond donors (Lipinski definition) is 0. The van der Waals surface area contributed by atoms with Gasteiger partial charge in [-0.25, -0.2) is 0 Å². The molecule has 0 unspecified atom stereocenters. The molecule has 0 heterocycles. The maximum absolute atomic E-state index is 11.6. The number of nitro benzene ring substituents is 1. The molecule has 0 radical (unpaired) electrons. The van der Waals surface area contributed by atoms with E-state index in [9.17, 15) is 10.1 Å². The van der Waals surface area contributed by atoms with Crippen LogP contribution in [0.1, 0.15) is 69.8 Å². The summed E-state index contributed by atoms with van der Waals surface area (Å²) in [5.41, 5.74) is 2.28. The van der Waals surface area contributed by atoms with E-state index in [-0.39, 0.29) is 4.92 Å². The van der Waals surface area contributed by atoms with Crippen molar-refractivity contribution in [3.8, 4) is 0 Å². The molecule has 120 valence electrons. The van der Waals surface area contributed by atoms with Crippen molar-refractivity contribution >= 4 is 11.4 Å². The first-order chi connectivity index (χ1) is 10.7. The van der Waals surface area contributed by atoms with Gasteiger partial charge in [-0.05, 0) is 50.2 Å². The number of rotatable bonds is 5. The van der Waals surface area contributed by atoms with E-state index >= 15 is 0 Å². The summed E-state index contributed by atoms with van der Waals surface area (Å²) in [7, 11) is 0. The average Bonchev–Trinajstić information content (AvgIpc) is 2.48. The normalized spacial score (nSPS) is 19.7. The van der Waals surface area contributed by atoms with Crippen LogP contribution >= 0.6 is 0 Å². The molecule has 1 aromatic carbocycles. The van der Waals surface area contributed by atoms with Gasteiger partial charge < -0.3 is 4.90 Å². The summed E-state index contributed by atoms with van der Waals surface area (Å²) in [6.45, 7) is 2.95. The molecule has 2 aliphatic rings. The van der Waals surface area contributed by atoms with E-state index in [2.05, 4.69) is 17.9 Å². The Hall–Kier alpha value is -1.58. The van der Waals surface area contributed by atoms with E-state index in [1.165, 1.54) is 38.5 Å². The Morgan fingerprint density at radius 2 is 1.86 bits per heavy atom. The Morgan fingerprint density at radius 3 is 2.41 bits per heavy atom. The molecule has 1 aromatic rings. The van der Waals surface area contributed by atoms with Crippen LogP contribution in [0.15, 0.2) is 18.2 Å². The average molecular weight is 302 g/mol. The molecule has 2 fully saturated rings. The predicted octanol–water partition coefficient (Wildman–Crippen LogP) is 5.02. The van der Waals surface area contributed by atoms with Crippen LogP contribution in [-0.4, -0.2) is 17.5 Å². The van der Waals surface area contributed by atoms with Crippen LogP contribution in [0, 0.1) is 10.1 Å². The minimum Gasteiger partial charge on any atom is -0.363 e. The third kappa shape index (κ3) is 2.96. The lowest BCUT2D eigenvalue weighted by atomic mass is 9.80. The van der Waals surface area contributed by atoms with Crippen molar-refractivity contribution in [1.82, 2.24) is 0 Å². The van der Waals surface area contributed by atoms with Gasteiger partial charge >= 0.3 is 0 Å². The number of hydrogen-bond acceptors (Lipinski definition) is 3. The first-order valence-corrected chi connectivity index (χ1v) is 8.75. The highest BCUT2D eigenvalue weighted by atomic mass is 16.6. The zero-order valence-electron chi connectivity index (χ0n) is 13.5. The van der Waals surface area contributed by atoms with Crippen LogP contribution in [0.25, 0.3) is 0 Å². The summed E-state index contributed by atoms with van der Waals surface area (Å²) in [4.78, 5) is 13.7. The Labute approximate surface area is 132 Å². The quantitative estimate of drug-likeness (QED) is 0.566. The van der Waals surface area contributed by atoms with Crippen molar-refractivity contribution in [3.05, 3.63) is 33.9 Å². The molecule has 0 amide bonds. The molecular formula is C18H26N2O2. The lowest BCUT2D eigenvalue weighted by Gasteiger charge is -2.35. The molecule has 3 rings (SSSR count). The highest BCUT2D eigenvalue weighted by Crippen LogP contribution is 2.41. The Morgan fingerprint density at radius 1 is 1.14 bits per heavy atom. The second-order valence-electron chi connectivity index (χ2n) is 6.71. The topological polar surface area (TPSA) is 46.4 Å². The van der Waals surface area contributed by atoms with E-state index in [4.69, 9.17) is 0 Å². The maximum atomic E-state index is 11.6. The summed E-state index contributed by atoms with van der Waals surface area (Å²) in [5.74, 6) is 0.539. The summed E-state index contributed by atoms with van der Waals surface area (Å²) in [5, 5.41) is 11.6. The number of nitrogens with zero attached hydrogens (tertiary/aromatic N) is 2. The molecule has 0 aromatic heterocycles. The van der Waals surface area contributed by atoms with Gasteiger partial charge in [-0.2, -0.15) is 0 Å². The fourth-order valence-electron chi connectivity index (χ4n) is 3.94. The second-order valence-corrected chi connectivity index (χ2v) is 6.71. The first kappa shape index (κ1) is 15.3. The largest absolute Gasteiger partial charge is 0.363 e. The van der Waals surface area contributed by atoms with Crippen molar-refractivity contribution in [2.24, 2.45) is 0 Å².